The molecule has 0 aliphatic carbocycles. The monoisotopic (exact) mass is 402 g/mol. The van der Waals surface area contributed by atoms with Crippen LogP contribution in [0.3, 0.4) is 0 Å². The number of carbonyl (C=O) groups excluding carboxylic acids is 2. The van der Waals surface area contributed by atoms with Gasteiger partial charge in [-0.3, -0.25) is 9.59 Å². The van der Waals surface area contributed by atoms with Crippen LogP contribution in [0.4, 0.5) is 5.69 Å². The van der Waals surface area contributed by atoms with Crippen LogP contribution in [-0.2, 0) is 14.5 Å². The molecule has 0 bridgehead atoms. The van der Waals surface area contributed by atoms with Crippen molar-refractivity contribution in [1.29, 1.82) is 0 Å². The van der Waals surface area contributed by atoms with Crippen LogP contribution < -0.4 is 10.1 Å². The molecule has 2 aromatic carbocycles. The van der Waals surface area contributed by atoms with Crippen molar-refractivity contribution in [3.05, 3.63) is 59.1 Å². The number of hydrogen-bond acceptors (Lipinski definition) is 4. The lowest BCUT2D eigenvalue weighted by Crippen LogP contribution is -2.48. The number of thioether (sulfide) groups is 1. The van der Waals surface area contributed by atoms with Crippen molar-refractivity contribution in [2.45, 2.75) is 23.8 Å². The van der Waals surface area contributed by atoms with Gasteiger partial charge in [0.15, 0.2) is 0 Å². The Kier molecular flexibility index (Phi) is 4.78. The zero-order valence-electron chi connectivity index (χ0n) is 14.8. The van der Waals surface area contributed by atoms with E-state index in [0.29, 0.717) is 35.1 Å². The molecular weight excluding hydrogens is 384 g/mol. The first-order valence-electron chi connectivity index (χ1n) is 8.71. The number of nitrogens with one attached hydrogen (secondary N) is 1. The van der Waals surface area contributed by atoms with Crippen molar-refractivity contribution >= 4 is 40.9 Å². The van der Waals surface area contributed by atoms with E-state index in [1.165, 1.54) is 7.11 Å². The zero-order valence-corrected chi connectivity index (χ0v) is 16.3. The number of ether oxygens (including phenoxy) is 1. The molecule has 140 valence electrons. The van der Waals surface area contributed by atoms with Gasteiger partial charge in [0.2, 0.25) is 11.8 Å². The van der Waals surface area contributed by atoms with Crippen LogP contribution in [0.1, 0.15) is 18.4 Å². The highest BCUT2D eigenvalue weighted by atomic mass is 35.5. The van der Waals surface area contributed by atoms with E-state index >= 15 is 0 Å². The quantitative estimate of drug-likeness (QED) is 0.843. The summed E-state index contributed by atoms with van der Waals surface area (Å²) in [5, 5.41) is 3.39. The van der Waals surface area contributed by atoms with E-state index in [1.54, 1.807) is 34.9 Å². The molecular formula is C20H19ClN2O3S. The first kappa shape index (κ1) is 18.2. The molecule has 2 atom stereocenters. The minimum Gasteiger partial charge on any atom is -0.495 e. The van der Waals surface area contributed by atoms with Crippen LogP contribution >= 0.6 is 23.4 Å². The molecule has 2 fully saturated rings. The second kappa shape index (κ2) is 7.09. The lowest BCUT2D eigenvalue weighted by molar-refractivity contribution is -0.136. The fraction of sp³-hybridized carbons (Fsp3) is 0.300. The summed E-state index contributed by atoms with van der Waals surface area (Å²) in [6, 6.07) is 14.5. The third-order valence-electron chi connectivity index (χ3n) is 5.07. The number of amides is 2. The summed E-state index contributed by atoms with van der Waals surface area (Å²) in [5.41, 5.74) is 1.57. The lowest BCUT2D eigenvalue weighted by atomic mass is 10.0. The number of methoxy groups -OCH3 is 1. The van der Waals surface area contributed by atoms with Crippen molar-refractivity contribution < 1.29 is 14.3 Å². The third-order valence-corrected chi connectivity index (χ3v) is 6.91. The van der Waals surface area contributed by atoms with Crippen LogP contribution in [0.25, 0.3) is 0 Å². The van der Waals surface area contributed by atoms with E-state index < -0.39 is 10.9 Å². The number of fused-ring (bicyclic) bond motifs is 1. The maximum Gasteiger partial charge on any atom is 0.248 e. The van der Waals surface area contributed by atoms with Gasteiger partial charge in [0, 0.05) is 17.2 Å². The van der Waals surface area contributed by atoms with Crippen molar-refractivity contribution in [2.75, 3.05) is 18.2 Å². The summed E-state index contributed by atoms with van der Waals surface area (Å²) in [5.74, 6) is 0.869. The molecule has 1 N–H and O–H groups in total. The van der Waals surface area contributed by atoms with Crippen molar-refractivity contribution in [1.82, 2.24) is 4.90 Å². The first-order chi connectivity index (χ1) is 13.0. The molecule has 2 aromatic rings. The zero-order chi connectivity index (χ0) is 19.0. The van der Waals surface area contributed by atoms with Crippen molar-refractivity contribution in [2.24, 2.45) is 0 Å². The molecule has 0 spiro atoms. The number of anilines is 1. The highest BCUT2D eigenvalue weighted by molar-refractivity contribution is 8.00. The van der Waals surface area contributed by atoms with E-state index in [-0.39, 0.29) is 11.8 Å². The summed E-state index contributed by atoms with van der Waals surface area (Å²) >= 11 is 7.72. The summed E-state index contributed by atoms with van der Waals surface area (Å²) in [6.07, 6.45) is 1.16. The van der Waals surface area contributed by atoms with Gasteiger partial charge >= 0.3 is 0 Å². The van der Waals surface area contributed by atoms with E-state index in [0.717, 1.165) is 5.56 Å². The molecule has 27 heavy (non-hydrogen) atoms. The van der Waals surface area contributed by atoms with E-state index in [1.807, 2.05) is 30.3 Å². The van der Waals surface area contributed by atoms with Crippen molar-refractivity contribution in [3.8, 4) is 5.75 Å². The number of halogens is 1. The van der Waals surface area contributed by atoms with Gasteiger partial charge in [-0.2, -0.15) is 0 Å². The second-order valence-electron chi connectivity index (χ2n) is 6.57. The SMILES string of the molecule is COc1ccc(Cl)cc1NC(=O)[C@@H]1CS[C@@]2(c3ccccc3)CCC(=O)N12. The predicted molar refractivity (Wildman–Crippen MR) is 107 cm³/mol. The largest absolute Gasteiger partial charge is 0.495 e. The highest BCUT2D eigenvalue weighted by Gasteiger charge is 2.56. The standard InChI is InChI=1S/C20H19ClN2O3S/c1-26-17-8-7-14(21)11-15(17)22-19(25)16-12-27-20(10-9-18(24)23(16)20)13-5-3-2-4-6-13/h2-8,11,16H,9-10,12H2,1H3,(H,22,25)/t16-,20+/m0/s1. The Labute approximate surface area is 167 Å². The van der Waals surface area contributed by atoms with Gasteiger partial charge in [-0.05, 0) is 30.2 Å². The Hall–Kier alpha value is -2.18. The van der Waals surface area contributed by atoms with Crippen LogP contribution in [0.2, 0.25) is 5.02 Å². The van der Waals surface area contributed by atoms with Gasteiger partial charge < -0.3 is 15.0 Å². The predicted octanol–water partition coefficient (Wildman–Crippen LogP) is 3.88. The average molecular weight is 403 g/mol. The van der Waals surface area contributed by atoms with Crippen LogP contribution in [0.5, 0.6) is 5.75 Å². The fourth-order valence-corrected chi connectivity index (χ4v) is 5.65. The molecule has 0 aromatic heterocycles. The molecule has 2 heterocycles. The third kappa shape index (κ3) is 3.07. The van der Waals surface area contributed by atoms with Gasteiger partial charge in [-0.25, -0.2) is 0 Å². The first-order valence-corrected chi connectivity index (χ1v) is 10.1. The number of rotatable bonds is 4. The Bertz CT molecular complexity index is 892. The lowest BCUT2D eigenvalue weighted by Gasteiger charge is -2.34. The molecule has 4 rings (SSSR count). The molecule has 0 saturated carbocycles. The summed E-state index contributed by atoms with van der Waals surface area (Å²) in [6.45, 7) is 0. The van der Waals surface area contributed by atoms with E-state index in [2.05, 4.69) is 5.32 Å². The van der Waals surface area contributed by atoms with Gasteiger partial charge in [0.1, 0.15) is 16.7 Å². The Morgan fingerprint density at radius 1 is 1.30 bits per heavy atom. The van der Waals surface area contributed by atoms with E-state index in [4.69, 9.17) is 16.3 Å². The van der Waals surface area contributed by atoms with Crippen molar-refractivity contribution in [3.63, 3.8) is 0 Å². The summed E-state index contributed by atoms with van der Waals surface area (Å²) in [7, 11) is 1.54. The Balaban J connectivity index is 1.63. The molecule has 7 heteroatoms. The highest BCUT2D eigenvalue weighted by Crippen LogP contribution is 2.54. The van der Waals surface area contributed by atoms with Gasteiger partial charge in [0.05, 0.1) is 12.8 Å². The van der Waals surface area contributed by atoms with Gasteiger partial charge in [0.25, 0.3) is 0 Å². The second-order valence-corrected chi connectivity index (χ2v) is 8.31. The van der Waals surface area contributed by atoms with Crippen LogP contribution in [-0.4, -0.2) is 35.6 Å². The normalized spacial score (nSPS) is 24.0. The number of benzene rings is 2. The van der Waals surface area contributed by atoms with Crippen LogP contribution in [0.15, 0.2) is 48.5 Å². The molecule has 5 nitrogen and oxygen atoms in total. The minimum atomic E-state index is -0.533. The van der Waals surface area contributed by atoms with Gasteiger partial charge in [-0.15, -0.1) is 11.8 Å². The summed E-state index contributed by atoms with van der Waals surface area (Å²) < 4.78 is 5.30. The molecule has 2 aliphatic heterocycles. The van der Waals surface area contributed by atoms with Gasteiger partial charge in [-0.1, -0.05) is 41.9 Å². The average Bonchev–Trinajstić information content (AvgIpc) is 3.22. The number of nitrogens with zero attached hydrogens (tertiary/aromatic N) is 1. The fourth-order valence-electron chi connectivity index (χ4n) is 3.83. The number of hydrogen-bond donors (Lipinski definition) is 1. The Morgan fingerprint density at radius 3 is 2.81 bits per heavy atom. The van der Waals surface area contributed by atoms with E-state index in [9.17, 15) is 9.59 Å². The summed E-state index contributed by atoms with van der Waals surface area (Å²) in [4.78, 5) is 27.0. The minimum absolute atomic E-state index is 0.0158. The smallest absolute Gasteiger partial charge is 0.248 e. The maximum atomic E-state index is 13.0. The van der Waals surface area contributed by atoms with Crippen LogP contribution in [0, 0.1) is 0 Å². The molecule has 2 amide bonds. The maximum absolute atomic E-state index is 13.0. The molecule has 0 unspecified atom stereocenters. The number of carbonyl (C=O) groups is 2. The molecule has 0 radical (unpaired) electrons. The topological polar surface area (TPSA) is 58.6 Å². The molecule has 2 aliphatic rings. The Morgan fingerprint density at radius 2 is 2.07 bits per heavy atom. The molecule has 2 saturated heterocycles.